The van der Waals surface area contributed by atoms with Gasteiger partial charge < -0.3 is 18.3 Å². The molecule has 0 spiro atoms. The van der Waals surface area contributed by atoms with Crippen LogP contribution in [0.25, 0.3) is 98.4 Å². The zero-order chi connectivity index (χ0) is 45.9. The van der Waals surface area contributed by atoms with E-state index < -0.39 is 5.41 Å². The van der Waals surface area contributed by atoms with Gasteiger partial charge in [0.05, 0.1) is 49.5 Å². The second-order valence-corrected chi connectivity index (χ2v) is 18.7. The van der Waals surface area contributed by atoms with Crippen LogP contribution in [0.1, 0.15) is 33.4 Å². The summed E-state index contributed by atoms with van der Waals surface area (Å²) in [7, 11) is 7.79. The fourth-order valence-corrected chi connectivity index (χ4v) is 11.8. The van der Waals surface area contributed by atoms with Crippen molar-refractivity contribution in [1.29, 1.82) is 0 Å². The van der Waals surface area contributed by atoms with E-state index in [1.54, 1.807) is 0 Å². The average molecular weight is 871 g/mol. The van der Waals surface area contributed by atoms with Crippen LogP contribution in [0.5, 0.6) is 0 Å². The summed E-state index contributed by atoms with van der Waals surface area (Å²) in [5.74, 6) is 0. The summed E-state index contributed by atoms with van der Waals surface area (Å²) in [6.45, 7) is 4.21. The highest BCUT2D eigenvalue weighted by atomic mass is 16.1. The Balaban J connectivity index is 1.13. The number of nitrogens with zero attached hydrogens (tertiary/aromatic N) is 4. The standard InChI is InChI=1S/C59H42N4O4/c1-31-15-19-35-36-20-16-32(2)24-46(36)59(45(35)23-31,33-17-21-49-39(25-33)57(66)43-29-51-41(27-53(43)62(49)5)55(64)37-11-7-9-13-47(37)60(51)3)34-18-22-50-40(26-34)58(67)44-30-52-42(28-54(44)63(50)6)56(65)38-12-8-10-14-48(38)61(52)4/h7-30H,1-6H3. The Morgan fingerprint density at radius 1 is 0.313 bits per heavy atom. The van der Waals surface area contributed by atoms with Crippen LogP contribution in [0, 0.1) is 13.8 Å². The smallest absolute Gasteiger partial charge is 0.197 e. The summed E-state index contributed by atoms with van der Waals surface area (Å²) in [6.07, 6.45) is 0. The Hall–Kier alpha value is -8.36. The number of benzene rings is 8. The molecule has 1 aliphatic rings. The van der Waals surface area contributed by atoms with E-state index in [2.05, 4.69) is 74.5 Å². The van der Waals surface area contributed by atoms with Crippen LogP contribution in [-0.2, 0) is 33.6 Å². The lowest BCUT2D eigenvalue weighted by molar-refractivity contribution is 0.768. The van der Waals surface area contributed by atoms with Crippen molar-refractivity contribution < 1.29 is 0 Å². The monoisotopic (exact) mass is 870 g/mol. The van der Waals surface area contributed by atoms with Gasteiger partial charge in [0.2, 0.25) is 0 Å². The van der Waals surface area contributed by atoms with E-state index in [0.717, 1.165) is 66.6 Å². The average Bonchev–Trinajstić information content (AvgIpc) is 3.63. The summed E-state index contributed by atoms with van der Waals surface area (Å²) >= 11 is 0. The van der Waals surface area contributed by atoms with Gasteiger partial charge in [-0.15, -0.1) is 0 Å². The van der Waals surface area contributed by atoms with E-state index in [4.69, 9.17) is 0 Å². The van der Waals surface area contributed by atoms with E-state index >= 15 is 9.59 Å². The first-order valence-electron chi connectivity index (χ1n) is 22.6. The van der Waals surface area contributed by atoms with Crippen molar-refractivity contribution in [3.8, 4) is 11.1 Å². The lowest BCUT2D eigenvalue weighted by atomic mass is 9.67. The van der Waals surface area contributed by atoms with Crippen LogP contribution in [0.2, 0.25) is 0 Å². The van der Waals surface area contributed by atoms with Crippen molar-refractivity contribution in [2.75, 3.05) is 0 Å². The van der Waals surface area contributed by atoms with E-state index in [1.165, 1.54) is 0 Å². The molecule has 0 N–H and O–H groups in total. The van der Waals surface area contributed by atoms with Crippen LogP contribution in [0.3, 0.4) is 0 Å². The van der Waals surface area contributed by atoms with Crippen molar-refractivity contribution in [3.05, 3.63) is 220 Å². The highest BCUT2D eigenvalue weighted by molar-refractivity contribution is 6.06. The van der Waals surface area contributed by atoms with Crippen molar-refractivity contribution in [2.24, 2.45) is 28.2 Å². The SMILES string of the molecule is Cc1ccc2c(c1)C(c1ccc3c(c1)c(=O)c1cc4c(cc1n3C)c(=O)c1ccccc1n4C)(c1ccc3c(c1)c(=O)c1cc4c(cc1n3C)c(=O)c1ccccc1n4C)c1cc(C)ccc1-2. The molecule has 0 amide bonds. The molecule has 0 aliphatic heterocycles. The molecular formula is C59H42N4O4. The molecule has 8 aromatic carbocycles. The molecule has 0 unspecified atom stereocenters. The molecule has 12 aromatic rings. The van der Waals surface area contributed by atoms with Gasteiger partial charge in [-0.2, -0.15) is 0 Å². The maximum atomic E-state index is 15.2. The molecule has 0 atom stereocenters. The van der Waals surface area contributed by atoms with E-state index in [-0.39, 0.29) is 21.7 Å². The van der Waals surface area contributed by atoms with E-state index in [1.807, 2.05) is 131 Å². The van der Waals surface area contributed by atoms with E-state index in [0.29, 0.717) is 65.2 Å². The molecule has 8 heteroatoms. The molecule has 0 fully saturated rings. The Morgan fingerprint density at radius 3 is 1.00 bits per heavy atom. The van der Waals surface area contributed by atoms with Crippen LogP contribution in [0.15, 0.2) is 165 Å². The lowest BCUT2D eigenvalue weighted by Crippen LogP contribution is -2.29. The Morgan fingerprint density at radius 2 is 0.627 bits per heavy atom. The lowest BCUT2D eigenvalue weighted by Gasteiger charge is -2.35. The topological polar surface area (TPSA) is 88.0 Å². The molecule has 0 bridgehead atoms. The maximum Gasteiger partial charge on any atom is 0.197 e. The number of para-hydroxylation sites is 2. The molecule has 4 heterocycles. The van der Waals surface area contributed by atoms with Gasteiger partial charge in [-0.05, 0) is 120 Å². The molecule has 8 nitrogen and oxygen atoms in total. The van der Waals surface area contributed by atoms with Crippen molar-refractivity contribution >= 4 is 87.2 Å². The highest BCUT2D eigenvalue weighted by Gasteiger charge is 2.47. The Kier molecular flexibility index (Phi) is 7.79. The maximum absolute atomic E-state index is 15.2. The van der Waals surface area contributed by atoms with Gasteiger partial charge in [-0.3, -0.25) is 19.2 Å². The molecule has 67 heavy (non-hydrogen) atoms. The molecule has 4 aromatic heterocycles. The number of rotatable bonds is 2. The quantitative estimate of drug-likeness (QED) is 0.162. The number of fused-ring (bicyclic) bond motifs is 11. The van der Waals surface area contributed by atoms with Crippen LogP contribution < -0.4 is 21.7 Å². The summed E-state index contributed by atoms with van der Waals surface area (Å²) in [5, 5.41) is 4.55. The van der Waals surface area contributed by atoms with Crippen LogP contribution >= 0.6 is 0 Å². The third kappa shape index (κ3) is 4.96. The van der Waals surface area contributed by atoms with Crippen LogP contribution in [0.4, 0.5) is 0 Å². The predicted octanol–water partition coefficient (Wildman–Crippen LogP) is 10.7. The van der Waals surface area contributed by atoms with Crippen molar-refractivity contribution in [2.45, 2.75) is 19.3 Å². The number of hydrogen-bond donors (Lipinski definition) is 0. The minimum Gasteiger partial charge on any atom is -0.343 e. The number of hydrogen-bond acceptors (Lipinski definition) is 4. The molecule has 322 valence electrons. The summed E-state index contributed by atoms with van der Waals surface area (Å²) in [4.78, 5) is 58.2. The normalized spacial score (nSPS) is 13.3. The second-order valence-electron chi connectivity index (χ2n) is 18.7. The fraction of sp³-hybridized carbons (Fsp3) is 0.119. The molecule has 1 aliphatic carbocycles. The van der Waals surface area contributed by atoms with Gasteiger partial charge >= 0.3 is 0 Å². The van der Waals surface area contributed by atoms with Gasteiger partial charge in [-0.1, -0.05) is 83.9 Å². The Labute approximate surface area is 382 Å². The molecule has 0 saturated carbocycles. The van der Waals surface area contributed by atoms with Crippen molar-refractivity contribution in [3.63, 3.8) is 0 Å². The zero-order valence-electron chi connectivity index (χ0n) is 37.8. The zero-order valence-corrected chi connectivity index (χ0v) is 37.8. The first-order valence-corrected chi connectivity index (χ1v) is 22.6. The number of pyridine rings is 4. The van der Waals surface area contributed by atoms with Gasteiger partial charge in [0.15, 0.2) is 21.7 Å². The first kappa shape index (κ1) is 39.0. The summed E-state index contributed by atoms with van der Waals surface area (Å²) in [6, 6.07) is 48.3. The first-order chi connectivity index (χ1) is 32.4. The number of aryl methyl sites for hydroxylation is 6. The van der Waals surface area contributed by atoms with Gasteiger partial charge in [0.25, 0.3) is 0 Å². The second kappa shape index (κ2) is 13.4. The fourth-order valence-electron chi connectivity index (χ4n) is 11.8. The number of aromatic nitrogens is 4. The third-order valence-corrected chi connectivity index (χ3v) is 15.2. The van der Waals surface area contributed by atoms with Gasteiger partial charge in [0, 0.05) is 71.3 Å². The molecule has 13 rings (SSSR count). The molecule has 0 radical (unpaired) electrons. The highest BCUT2D eigenvalue weighted by Crippen LogP contribution is 2.57. The minimum absolute atomic E-state index is 0.0645. The molecule has 0 saturated heterocycles. The predicted molar refractivity (Wildman–Crippen MR) is 274 cm³/mol. The van der Waals surface area contributed by atoms with Crippen molar-refractivity contribution in [1.82, 2.24) is 18.3 Å². The van der Waals surface area contributed by atoms with Crippen LogP contribution in [-0.4, -0.2) is 18.3 Å². The Bertz CT molecular complexity index is 4280. The summed E-state index contributed by atoms with van der Waals surface area (Å²) < 4.78 is 8.04. The van der Waals surface area contributed by atoms with Gasteiger partial charge in [-0.25, -0.2) is 0 Å². The largest absolute Gasteiger partial charge is 0.343 e. The third-order valence-electron chi connectivity index (χ3n) is 15.2. The van der Waals surface area contributed by atoms with Gasteiger partial charge in [0.1, 0.15) is 0 Å². The minimum atomic E-state index is -0.941. The molecular weight excluding hydrogens is 829 g/mol. The van der Waals surface area contributed by atoms with E-state index in [9.17, 15) is 9.59 Å². The summed E-state index contributed by atoms with van der Waals surface area (Å²) in [5.41, 5.74) is 12.8.